The number of halogens is 1. The summed E-state index contributed by atoms with van der Waals surface area (Å²) in [5.41, 5.74) is 3.02. The van der Waals surface area contributed by atoms with Crippen LogP contribution in [0.1, 0.15) is 48.2 Å². The maximum absolute atomic E-state index is 12.5. The first-order valence-corrected chi connectivity index (χ1v) is 10.3. The third-order valence-corrected chi connectivity index (χ3v) is 4.81. The van der Waals surface area contributed by atoms with Gasteiger partial charge in [-0.05, 0) is 42.2 Å². The van der Waals surface area contributed by atoms with Gasteiger partial charge < -0.3 is 9.26 Å². The Labute approximate surface area is 185 Å². The fourth-order valence-corrected chi connectivity index (χ4v) is 3.02. The zero-order valence-corrected chi connectivity index (χ0v) is 18.3. The molecule has 0 radical (unpaired) electrons. The molecular weight excluding hydrogens is 416 g/mol. The number of carbonyl (C=O) groups is 2. The first-order chi connectivity index (χ1) is 14.9. The van der Waals surface area contributed by atoms with Gasteiger partial charge >= 0.3 is 5.97 Å². The van der Waals surface area contributed by atoms with E-state index in [0.717, 1.165) is 5.56 Å². The third-order valence-electron chi connectivity index (χ3n) is 4.56. The van der Waals surface area contributed by atoms with E-state index in [2.05, 4.69) is 24.3 Å². The highest BCUT2D eigenvalue weighted by Gasteiger charge is 2.26. The van der Waals surface area contributed by atoms with Crippen molar-refractivity contribution in [2.24, 2.45) is 0 Å². The van der Waals surface area contributed by atoms with Crippen LogP contribution >= 0.6 is 11.6 Å². The molecule has 0 atom stereocenters. The van der Waals surface area contributed by atoms with Crippen LogP contribution in [0.4, 0.5) is 5.88 Å². The first kappa shape index (κ1) is 22.3. The Bertz CT molecular complexity index is 1080. The number of anilines is 1. The fraction of sp³-hybridized carbons (Fsp3) is 0.208. The topological polar surface area (TPSA) is 81.4 Å². The van der Waals surface area contributed by atoms with Gasteiger partial charge in [0.15, 0.2) is 5.56 Å². The predicted octanol–water partition coefficient (Wildman–Crippen LogP) is 5.95. The monoisotopic (exact) mass is 438 g/mol. The van der Waals surface area contributed by atoms with Crippen molar-refractivity contribution in [2.45, 2.75) is 26.7 Å². The van der Waals surface area contributed by atoms with E-state index in [0.29, 0.717) is 16.5 Å². The minimum absolute atomic E-state index is 0.0483. The van der Waals surface area contributed by atoms with Gasteiger partial charge in [0, 0.05) is 16.7 Å². The van der Waals surface area contributed by atoms with Crippen molar-refractivity contribution < 1.29 is 18.8 Å². The summed E-state index contributed by atoms with van der Waals surface area (Å²) in [5.74, 6) is -0.744. The molecule has 0 aliphatic heterocycles. The van der Waals surface area contributed by atoms with E-state index in [9.17, 15) is 9.59 Å². The van der Waals surface area contributed by atoms with Crippen molar-refractivity contribution in [3.05, 3.63) is 76.3 Å². The summed E-state index contributed by atoms with van der Waals surface area (Å²) in [4.78, 5) is 24.9. The Morgan fingerprint density at radius 1 is 1.13 bits per heavy atom. The molecule has 3 rings (SSSR count). The maximum atomic E-state index is 12.5. The number of benzene rings is 2. The molecular formula is C24H23ClN2O4. The Morgan fingerprint density at radius 3 is 2.42 bits per heavy atom. The number of ether oxygens (including phenoxy) is 1. The van der Waals surface area contributed by atoms with E-state index in [1.54, 1.807) is 37.3 Å². The van der Waals surface area contributed by atoms with Crippen LogP contribution in [0.25, 0.3) is 17.3 Å². The second-order valence-electron chi connectivity index (χ2n) is 7.11. The minimum atomic E-state index is -0.641. The highest BCUT2D eigenvalue weighted by Crippen LogP contribution is 2.30. The average Bonchev–Trinajstić information content (AvgIpc) is 3.16. The molecule has 6 nitrogen and oxygen atoms in total. The second kappa shape index (κ2) is 10.1. The molecule has 160 valence electrons. The standard InChI is InChI=1S/C24H23ClN2O4/c1-4-30-24(29)21-22(18-10-12-19(25)13-11-18)27-31-23(21)26-20(28)14-7-16-5-8-17(9-6-16)15(2)3/h5-15H,4H2,1-3H3,(H,26,28)/b14-7+. The molecule has 0 spiro atoms. The van der Waals surface area contributed by atoms with Crippen LogP contribution in [0.3, 0.4) is 0 Å². The summed E-state index contributed by atoms with van der Waals surface area (Å²) in [6.07, 6.45) is 3.05. The fourth-order valence-electron chi connectivity index (χ4n) is 2.89. The van der Waals surface area contributed by atoms with E-state index in [-0.39, 0.29) is 23.7 Å². The van der Waals surface area contributed by atoms with Crippen LogP contribution < -0.4 is 5.32 Å². The van der Waals surface area contributed by atoms with E-state index >= 15 is 0 Å². The Balaban J connectivity index is 1.82. The third kappa shape index (κ3) is 5.61. The number of rotatable bonds is 7. The van der Waals surface area contributed by atoms with Crippen LogP contribution in [-0.4, -0.2) is 23.6 Å². The normalized spacial score (nSPS) is 11.1. The Hall–Kier alpha value is -3.38. The lowest BCUT2D eigenvalue weighted by atomic mass is 10.0. The molecule has 0 bridgehead atoms. The zero-order valence-electron chi connectivity index (χ0n) is 17.5. The van der Waals surface area contributed by atoms with Crippen LogP contribution in [0.2, 0.25) is 5.02 Å². The summed E-state index contributed by atoms with van der Waals surface area (Å²) >= 11 is 5.93. The van der Waals surface area contributed by atoms with Gasteiger partial charge in [-0.1, -0.05) is 67.0 Å². The second-order valence-corrected chi connectivity index (χ2v) is 7.54. The molecule has 0 aliphatic carbocycles. The number of nitrogens with zero attached hydrogens (tertiary/aromatic N) is 1. The summed E-state index contributed by atoms with van der Waals surface area (Å²) in [5, 5.41) is 7.07. The number of hydrogen-bond donors (Lipinski definition) is 1. The van der Waals surface area contributed by atoms with E-state index in [1.165, 1.54) is 11.6 Å². The SMILES string of the molecule is CCOC(=O)c1c(-c2ccc(Cl)cc2)noc1NC(=O)/C=C/c1ccc(C(C)C)cc1. The van der Waals surface area contributed by atoms with Crippen molar-refractivity contribution in [1.82, 2.24) is 5.16 Å². The first-order valence-electron chi connectivity index (χ1n) is 9.90. The Kier molecular flexibility index (Phi) is 7.26. The molecule has 0 saturated carbocycles. The highest BCUT2D eigenvalue weighted by molar-refractivity contribution is 6.30. The van der Waals surface area contributed by atoms with Crippen LogP contribution in [0, 0.1) is 0 Å². The number of carbonyl (C=O) groups excluding carboxylic acids is 2. The van der Waals surface area contributed by atoms with Crippen molar-refractivity contribution in [3.8, 4) is 11.3 Å². The van der Waals surface area contributed by atoms with E-state index in [1.807, 2.05) is 24.3 Å². The average molecular weight is 439 g/mol. The van der Waals surface area contributed by atoms with Crippen LogP contribution in [0.5, 0.6) is 0 Å². The number of amides is 1. The van der Waals surface area contributed by atoms with Gasteiger partial charge in [0.1, 0.15) is 5.69 Å². The summed E-state index contributed by atoms with van der Waals surface area (Å²) < 4.78 is 10.4. The molecule has 3 aromatic rings. The van der Waals surface area contributed by atoms with Gasteiger partial charge in [-0.15, -0.1) is 0 Å². The molecule has 1 N–H and O–H groups in total. The molecule has 0 saturated heterocycles. The van der Waals surface area contributed by atoms with Crippen molar-refractivity contribution in [2.75, 3.05) is 11.9 Å². The van der Waals surface area contributed by atoms with Gasteiger partial charge in [0.25, 0.3) is 5.91 Å². The smallest absolute Gasteiger partial charge is 0.346 e. The molecule has 1 amide bonds. The van der Waals surface area contributed by atoms with Gasteiger partial charge in [0.05, 0.1) is 6.61 Å². The molecule has 2 aromatic carbocycles. The van der Waals surface area contributed by atoms with Gasteiger partial charge in [0.2, 0.25) is 5.88 Å². The molecule has 31 heavy (non-hydrogen) atoms. The highest BCUT2D eigenvalue weighted by atomic mass is 35.5. The van der Waals surface area contributed by atoms with E-state index in [4.69, 9.17) is 20.9 Å². The summed E-state index contributed by atoms with van der Waals surface area (Å²) in [7, 11) is 0. The van der Waals surface area contributed by atoms with Gasteiger partial charge in [-0.2, -0.15) is 0 Å². The number of esters is 1. The molecule has 0 aliphatic rings. The number of hydrogen-bond acceptors (Lipinski definition) is 5. The largest absolute Gasteiger partial charge is 0.462 e. The summed E-state index contributed by atoms with van der Waals surface area (Å²) in [6, 6.07) is 14.7. The lowest BCUT2D eigenvalue weighted by Gasteiger charge is -2.05. The summed E-state index contributed by atoms with van der Waals surface area (Å²) in [6.45, 7) is 6.10. The van der Waals surface area contributed by atoms with Crippen LogP contribution in [0.15, 0.2) is 59.1 Å². The molecule has 1 aromatic heterocycles. The van der Waals surface area contributed by atoms with Crippen LogP contribution in [-0.2, 0) is 9.53 Å². The lowest BCUT2D eigenvalue weighted by molar-refractivity contribution is -0.112. The maximum Gasteiger partial charge on any atom is 0.346 e. The van der Waals surface area contributed by atoms with Crippen molar-refractivity contribution in [1.29, 1.82) is 0 Å². The Morgan fingerprint density at radius 2 is 1.81 bits per heavy atom. The number of aromatic nitrogens is 1. The van der Waals surface area contributed by atoms with Gasteiger partial charge in [-0.3, -0.25) is 10.1 Å². The number of nitrogens with one attached hydrogen (secondary N) is 1. The molecule has 1 heterocycles. The predicted molar refractivity (Wildman–Crippen MR) is 121 cm³/mol. The lowest BCUT2D eigenvalue weighted by Crippen LogP contribution is -2.13. The quantitative estimate of drug-likeness (QED) is 0.364. The zero-order chi connectivity index (χ0) is 22.4. The van der Waals surface area contributed by atoms with Crippen molar-refractivity contribution in [3.63, 3.8) is 0 Å². The molecule has 0 fully saturated rings. The van der Waals surface area contributed by atoms with E-state index < -0.39 is 11.9 Å². The molecule has 0 unspecified atom stereocenters. The van der Waals surface area contributed by atoms with Crippen molar-refractivity contribution >= 4 is 35.4 Å². The minimum Gasteiger partial charge on any atom is -0.462 e. The van der Waals surface area contributed by atoms with Gasteiger partial charge in [-0.25, -0.2) is 4.79 Å². The molecule has 7 heteroatoms.